The van der Waals surface area contributed by atoms with Crippen molar-refractivity contribution in [2.75, 3.05) is 13.2 Å². The van der Waals surface area contributed by atoms with Crippen molar-refractivity contribution in [3.8, 4) is 0 Å². The maximum absolute atomic E-state index is 13.0. The van der Waals surface area contributed by atoms with Gasteiger partial charge in [0.25, 0.3) is 0 Å². The predicted octanol–water partition coefficient (Wildman–Crippen LogP) is 1.14. The van der Waals surface area contributed by atoms with E-state index in [1.807, 2.05) is 0 Å². The summed E-state index contributed by atoms with van der Waals surface area (Å²) in [5.74, 6) is -1.47. The number of halogens is 2. The molecule has 0 saturated carbocycles. The summed E-state index contributed by atoms with van der Waals surface area (Å²) in [6.45, 7) is 0.813. The van der Waals surface area contributed by atoms with Crippen LogP contribution in [-0.2, 0) is 4.74 Å². The molecule has 0 saturated heterocycles. The molecule has 0 unspecified atom stereocenters. The molecule has 0 spiro atoms. The number of aromatic nitrogens is 1. The van der Waals surface area contributed by atoms with E-state index in [4.69, 9.17) is 4.74 Å². The minimum atomic E-state index is -0.749. The van der Waals surface area contributed by atoms with E-state index in [0.29, 0.717) is 13.2 Å². The molecule has 1 aromatic heterocycles. The van der Waals surface area contributed by atoms with Crippen molar-refractivity contribution in [3.63, 3.8) is 0 Å². The third kappa shape index (κ3) is 1.37. The lowest BCUT2D eigenvalue weighted by molar-refractivity contribution is 0.345. The Hall–Kier alpha value is -1.52. The molecule has 0 radical (unpaired) electrons. The van der Waals surface area contributed by atoms with Gasteiger partial charge in [-0.2, -0.15) is 0 Å². The van der Waals surface area contributed by atoms with Gasteiger partial charge in [0.15, 0.2) is 11.6 Å². The Morgan fingerprint density at radius 1 is 1.23 bits per heavy atom. The normalized spacial score (nSPS) is 15.4. The average Bonchev–Trinajstić information content (AvgIpc) is 2.57. The Morgan fingerprint density at radius 2 is 1.92 bits per heavy atom. The molecule has 0 fully saturated rings. The van der Waals surface area contributed by atoms with Crippen molar-refractivity contribution in [3.05, 3.63) is 29.6 Å². The minimum absolute atomic E-state index is 0.0254. The fraction of sp³-hybridized carbons (Fsp3) is 0.250. The summed E-state index contributed by atoms with van der Waals surface area (Å²) in [4.78, 5) is 7.17. The molecule has 5 heteroatoms. The van der Waals surface area contributed by atoms with E-state index >= 15 is 0 Å². The van der Waals surface area contributed by atoms with E-state index in [-0.39, 0.29) is 11.5 Å². The number of rotatable bonds is 1. The second kappa shape index (κ2) is 3.08. The van der Waals surface area contributed by atoms with Gasteiger partial charge in [-0.1, -0.05) is 0 Å². The van der Waals surface area contributed by atoms with Gasteiger partial charge in [-0.3, -0.25) is 4.98 Å². The Morgan fingerprint density at radius 3 is 2.46 bits per heavy atom. The molecule has 1 aliphatic heterocycles. The molecular weight excluding hydrogens is 178 g/mol. The molecule has 13 heavy (non-hydrogen) atoms. The highest BCUT2D eigenvalue weighted by Crippen LogP contribution is 2.14. The van der Waals surface area contributed by atoms with Crippen LogP contribution in [0, 0.1) is 11.6 Å². The minimum Gasteiger partial charge on any atom is -0.475 e. The maximum Gasteiger partial charge on any atom is 0.222 e. The molecule has 68 valence electrons. The summed E-state index contributed by atoms with van der Waals surface area (Å²) in [7, 11) is 0. The van der Waals surface area contributed by atoms with Crippen molar-refractivity contribution >= 4 is 5.90 Å². The van der Waals surface area contributed by atoms with Gasteiger partial charge in [-0.05, 0) is 0 Å². The molecule has 0 amide bonds. The van der Waals surface area contributed by atoms with Crippen molar-refractivity contribution in [1.29, 1.82) is 0 Å². The number of nitrogens with zero attached hydrogens (tertiary/aromatic N) is 2. The summed E-state index contributed by atoms with van der Waals surface area (Å²) in [6, 6.07) is 0. The van der Waals surface area contributed by atoms with Crippen LogP contribution in [-0.4, -0.2) is 24.0 Å². The number of hydrogen-bond donors (Lipinski definition) is 0. The number of ether oxygens (including phenoxy) is 1. The molecule has 2 heterocycles. The largest absolute Gasteiger partial charge is 0.475 e. The van der Waals surface area contributed by atoms with Gasteiger partial charge in [0.05, 0.1) is 18.9 Å². The zero-order valence-corrected chi connectivity index (χ0v) is 6.63. The van der Waals surface area contributed by atoms with Crippen LogP contribution in [0.1, 0.15) is 5.56 Å². The van der Waals surface area contributed by atoms with Crippen molar-refractivity contribution in [2.24, 2.45) is 4.99 Å². The van der Waals surface area contributed by atoms with Crippen LogP contribution in [0.25, 0.3) is 0 Å². The van der Waals surface area contributed by atoms with Crippen LogP contribution in [0.15, 0.2) is 17.4 Å². The Bertz CT molecular complexity index is 345. The van der Waals surface area contributed by atoms with E-state index in [1.54, 1.807) is 0 Å². The summed E-state index contributed by atoms with van der Waals surface area (Å²) in [5, 5.41) is 0. The molecule has 0 aliphatic carbocycles. The molecule has 1 aromatic rings. The molecule has 1 aliphatic rings. The highest BCUT2D eigenvalue weighted by Gasteiger charge is 2.19. The second-order valence-corrected chi connectivity index (χ2v) is 2.51. The molecule has 0 atom stereocenters. The van der Waals surface area contributed by atoms with E-state index < -0.39 is 11.6 Å². The van der Waals surface area contributed by atoms with Gasteiger partial charge in [-0.15, -0.1) is 0 Å². The van der Waals surface area contributed by atoms with Crippen molar-refractivity contribution in [2.45, 2.75) is 0 Å². The SMILES string of the molecule is Fc1cncc(F)c1C1=NCCO1. The first-order valence-electron chi connectivity index (χ1n) is 3.75. The highest BCUT2D eigenvalue weighted by molar-refractivity contribution is 5.95. The number of aliphatic imine (C=N–C) groups is 1. The average molecular weight is 184 g/mol. The van der Waals surface area contributed by atoms with Gasteiger partial charge in [-0.25, -0.2) is 13.8 Å². The summed E-state index contributed by atoms with van der Waals surface area (Å²) in [5.41, 5.74) is -0.229. The second-order valence-electron chi connectivity index (χ2n) is 2.51. The van der Waals surface area contributed by atoms with Crippen LogP contribution >= 0.6 is 0 Å². The van der Waals surface area contributed by atoms with E-state index in [9.17, 15) is 8.78 Å². The summed E-state index contributed by atoms with van der Waals surface area (Å²) < 4.78 is 31.0. The van der Waals surface area contributed by atoms with E-state index in [0.717, 1.165) is 12.4 Å². The lowest BCUT2D eigenvalue weighted by atomic mass is 10.2. The molecule has 3 nitrogen and oxygen atoms in total. The van der Waals surface area contributed by atoms with Gasteiger partial charge < -0.3 is 4.74 Å². The highest BCUT2D eigenvalue weighted by atomic mass is 19.1. The zero-order valence-electron chi connectivity index (χ0n) is 6.63. The summed E-state index contributed by atoms with van der Waals surface area (Å²) in [6.07, 6.45) is 1.87. The van der Waals surface area contributed by atoms with Gasteiger partial charge in [0, 0.05) is 0 Å². The summed E-state index contributed by atoms with van der Waals surface area (Å²) >= 11 is 0. The van der Waals surface area contributed by atoms with Crippen LogP contribution < -0.4 is 0 Å². The van der Waals surface area contributed by atoms with Crippen LogP contribution in [0.4, 0.5) is 8.78 Å². The first-order chi connectivity index (χ1) is 6.29. The maximum atomic E-state index is 13.0. The van der Waals surface area contributed by atoms with E-state index in [2.05, 4.69) is 9.98 Å². The molecular formula is C8H6F2N2O. The fourth-order valence-electron chi connectivity index (χ4n) is 1.10. The van der Waals surface area contributed by atoms with Crippen LogP contribution in [0.2, 0.25) is 0 Å². The molecule has 0 aromatic carbocycles. The van der Waals surface area contributed by atoms with Crippen LogP contribution in [0.3, 0.4) is 0 Å². The standard InChI is InChI=1S/C8H6F2N2O/c9-5-3-11-4-6(10)7(5)8-12-1-2-13-8/h3-4H,1-2H2. The quantitative estimate of drug-likeness (QED) is 0.655. The smallest absolute Gasteiger partial charge is 0.222 e. The zero-order chi connectivity index (χ0) is 9.26. The van der Waals surface area contributed by atoms with Crippen molar-refractivity contribution < 1.29 is 13.5 Å². The van der Waals surface area contributed by atoms with Crippen LogP contribution in [0.5, 0.6) is 0 Å². The van der Waals surface area contributed by atoms with E-state index in [1.165, 1.54) is 0 Å². The predicted molar refractivity (Wildman–Crippen MR) is 41.5 cm³/mol. The number of pyridine rings is 1. The first-order valence-corrected chi connectivity index (χ1v) is 3.75. The van der Waals surface area contributed by atoms with Crippen molar-refractivity contribution in [1.82, 2.24) is 4.98 Å². The van der Waals surface area contributed by atoms with Gasteiger partial charge >= 0.3 is 0 Å². The van der Waals surface area contributed by atoms with Gasteiger partial charge in [0.2, 0.25) is 5.90 Å². The Labute approximate surface area is 73.1 Å². The number of hydrogen-bond acceptors (Lipinski definition) is 3. The lowest BCUT2D eigenvalue weighted by Crippen LogP contribution is -2.07. The Balaban J connectivity index is 2.49. The Kier molecular flexibility index (Phi) is 1.92. The monoisotopic (exact) mass is 184 g/mol. The van der Waals surface area contributed by atoms with Gasteiger partial charge in [0.1, 0.15) is 12.2 Å². The molecule has 0 N–H and O–H groups in total. The molecule has 2 rings (SSSR count). The topological polar surface area (TPSA) is 34.5 Å². The molecule has 0 bridgehead atoms. The fourth-order valence-corrected chi connectivity index (χ4v) is 1.10. The third-order valence-electron chi connectivity index (χ3n) is 1.65. The lowest BCUT2D eigenvalue weighted by Gasteiger charge is -2.02. The first kappa shape index (κ1) is 8.10. The third-order valence-corrected chi connectivity index (χ3v) is 1.65.